The first-order valence-corrected chi connectivity index (χ1v) is 6.06. The maximum atomic E-state index is 12.3. The second-order valence-electron chi connectivity index (χ2n) is 4.85. The van der Waals surface area contributed by atoms with Crippen molar-refractivity contribution < 1.29 is 15.0 Å². The molecule has 1 aliphatic rings. The number of carbonyl (C=O) groups excluding carboxylic acids is 1. The number of rotatable bonds is 2. The summed E-state index contributed by atoms with van der Waals surface area (Å²) in [6.45, 7) is 3.12. The van der Waals surface area contributed by atoms with E-state index in [0.29, 0.717) is 19.0 Å². The molecule has 0 aliphatic carbocycles. The van der Waals surface area contributed by atoms with Gasteiger partial charge in [-0.15, -0.1) is 0 Å². The van der Waals surface area contributed by atoms with Gasteiger partial charge in [-0.25, -0.2) is 0 Å². The van der Waals surface area contributed by atoms with Crippen molar-refractivity contribution in [1.82, 2.24) is 4.90 Å². The van der Waals surface area contributed by atoms with Gasteiger partial charge in [0.1, 0.15) is 11.5 Å². The lowest BCUT2D eigenvalue weighted by Gasteiger charge is -2.22. The van der Waals surface area contributed by atoms with E-state index in [0.717, 1.165) is 6.42 Å². The van der Waals surface area contributed by atoms with Gasteiger partial charge in [0.25, 0.3) is 5.91 Å². The molecule has 1 fully saturated rings. The molecule has 2 atom stereocenters. The molecule has 1 aliphatic heterocycles. The van der Waals surface area contributed by atoms with E-state index in [2.05, 4.69) is 0 Å². The molecule has 2 rings (SSSR count). The maximum Gasteiger partial charge on any atom is 0.257 e. The molecule has 0 saturated carbocycles. The summed E-state index contributed by atoms with van der Waals surface area (Å²) >= 11 is 0. The van der Waals surface area contributed by atoms with E-state index in [9.17, 15) is 15.0 Å². The molecule has 1 saturated heterocycles. The van der Waals surface area contributed by atoms with Crippen molar-refractivity contribution >= 4 is 5.91 Å². The number of hydrogen-bond donors (Lipinski definition) is 3. The van der Waals surface area contributed by atoms with E-state index in [1.54, 1.807) is 4.90 Å². The van der Waals surface area contributed by atoms with Crippen molar-refractivity contribution in [3.8, 4) is 11.5 Å². The Labute approximate surface area is 106 Å². The second kappa shape index (κ2) is 4.86. The van der Waals surface area contributed by atoms with Crippen LogP contribution >= 0.6 is 0 Å². The average Bonchev–Trinajstić information content (AvgIpc) is 2.73. The fourth-order valence-electron chi connectivity index (χ4n) is 2.45. The summed E-state index contributed by atoms with van der Waals surface area (Å²) in [5.74, 6) is -0.0881. The van der Waals surface area contributed by atoms with Gasteiger partial charge >= 0.3 is 0 Å². The summed E-state index contributed by atoms with van der Waals surface area (Å²) in [5.41, 5.74) is 5.76. The van der Waals surface area contributed by atoms with Crippen molar-refractivity contribution in [3.05, 3.63) is 23.8 Å². The fraction of sp³-hybridized carbons (Fsp3) is 0.462. The van der Waals surface area contributed by atoms with Gasteiger partial charge in [0, 0.05) is 12.6 Å². The zero-order valence-corrected chi connectivity index (χ0v) is 10.3. The quantitative estimate of drug-likeness (QED) is 0.681. The Hall–Kier alpha value is -1.75. The Morgan fingerprint density at radius 2 is 2.22 bits per heavy atom. The smallest absolute Gasteiger partial charge is 0.257 e. The van der Waals surface area contributed by atoms with Crippen LogP contribution in [0.4, 0.5) is 0 Å². The Morgan fingerprint density at radius 3 is 2.83 bits per heavy atom. The highest BCUT2D eigenvalue weighted by Crippen LogP contribution is 2.28. The summed E-state index contributed by atoms with van der Waals surface area (Å²) in [4.78, 5) is 14.0. The minimum Gasteiger partial charge on any atom is -0.508 e. The van der Waals surface area contributed by atoms with E-state index >= 15 is 0 Å². The van der Waals surface area contributed by atoms with Crippen molar-refractivity contribution in [1.29, 1.82) is 0 Å². The van der Waals surface area contributed by atoms with E-state index in [1.165, 1.54) is 18.2 Å². The van der Waals surface area contributed by atoms with E-state index < -0.39 is 0 Å². The fourth-order valence-corrected chi connectivity index (χ4v) is 2.45. The van der Waals surface area contributed by atoms with Crippen molar-refractivity contribution in [2.45, 2.75) is 19.4 Å². The van der Waals surface area contributed by atoms with Gasteiger partial charge < -0.3 is 20.8 Å². The van der Waals surface area contributed by atoms with Crippen molar-refractivity contribution in [2.24, 2.45) is 11.7 Å². The highest BCUT2D eigenvalue weighted by Gasteiger charge is 2.33. The van der Waals surface area contributed by atoms with Gasteiger partial charge in [-0.05, 0) is 44.0 Å². The third-order valence-electron chi connectivity index (χ3n) is 3.47. The van der Waals surface area contributed by atoms with Gasteiger partial charge in [-0.2, -0.15) is 0 Å². The first-order chi connectivity index (χ1) is 8.52. The Balaban J connectivity index is 2.24. The molecule has 0 aromatic heterocycles. The van der Waals surface area contributed by atoms with Crippen LogP contribution in [0.5, 0.6) is 11.5 Å². The number of carbonyl (C=O) groups is 1. The molecule has 18 heavy (non-hydrogen) atoms. The highest BCUT2D eigenvalue weighted by molar-refractivity contribution is 5.97. The lowest BCUT2D eigenvalue weighted by Crippen LogP contribution is -2.34. The largest absolute Gasteiger partial charge is 0.508 e. The summed E-state index contributed by atoms with van der Waals surface area (Å²) in [7, 11) is 0. The molecule has 1 aromatic carbocycles. The third kappa shape index (κ3) is 2.26. The predicted molar refractivity (Wildman–Crippen MR) is 67.4 cm³/mol. The molecule has 5 nitrogen and oxygen atoms in total. The summed E-state index contributed by atoms with van der Waals surface area (Å²) < 4.78 is 0. The maximum absolute atomic E-state index is 12.3. The highest BCUT2D eigenvalue weighted by atomic mass is 16.3. The van der Waals surface area contributed by atoms with Gasteiger partial charge in [-0.3, -0.25) is 4.79 Å². The predicted octanol–water partition coefficient (Wildman–Crippen LogP) is 0.907. The number of aromatic hydroxyl groups is 2. The van der Waals surface area contributed by atoms with Crippen LogP contribution in [0.2, 0.25) is 0 Å². The topological polar surface area (TPSA) is 86.8 Å². The zero-order valence-electron chi connectivity index (χ0n) is 10.3. The molecule has 2 unspecified atom stereocenters. The number of hydrogen-bond acceptors (Lipinski definition) is 4. The molecule has 0 radical (unpaired) electrons. The molecule has 1 heterocycles. The summed E-state index contributed by atoms with van der Waals surface area (Å²) in [6.07, 6.45) is 0.877. The van der Waals surface area contributed by atoms with Crippen LogP contribution < -0.4 is 5.73 Å². The van der Waals surface area contributed by atoms with Crippen molar-refractivity contribution in [3.63, 3.8) is 0 Å². The molecule has 0 bridgehead atoms. The molecule has 5 heteroatoms. The standard InChI is InChI=1S/C13H18N2O3/c1-8-4-9(6-14)7-15(8)13(18)11-5-10(16)2-3-12(11)17/h2-3,5,8-9,16-17H,4,6-7,14H2,1H3. The second-order valence-corrected chi connectivity index (χ2v) is 4.85. The lowest BCUT2D eigenvalue weighted by atomic mass is 10.1. The number of phenolic OH excluding ortho intramolecular Hbond substituents is 2. The number of nitrogens with two attached hydrogens (primary N) is 1. The van der Waals surface area contributed by atoms with Crippen LogP contribution in [0.25, 0.3) is 0 Å². The van der Waals surface area contributed by atoms with Gasteiger partial charge in [0.2, 0.25) is 0 Å². The molecular formula is C13H18N2O3. The van der Waals surface area contributed by atoms with Crippen LogP contribution in [0, 0.1) is 5.92 Å². The Morgan fingerprint density at radius 1 is 1.50 bits per heavy atom. The summed E-state index contributed by atoms with van der Waals surface area (Å²) in [6, 6.07) is 4.07. The van der Waals surface area contributed by atoms with Crippen molar-refractivity contribution in [2.75, 3.05) is 13.1 Å². The monoisotopic (exact) mass is 250 g/mol. The lowest BCUT2D eigenvalue weighted by molar-refractivity contribution is 0.0740. The summed E-state index contributed by atoms with van der Waals surface area (Å²) in [5, 5.41) is 19.1. The van der Waals surface area contributed by atoms with Crippen LogP contribution in [-0.2, 0) is 0 Å². The normalized spacial score (nSPS) is 23.3. The average molecular weight is 250 g/mol. The van der Waals surface area contributed by atoms with E-state index in [1.807, 2.05) is 6.92 Å². The van der Waals surface area contributed by atoms with E-state index in [-0.39, 0.29) is 29.0 Å². The minimum absolute atomic E-state index is 0.0293. The van der Waals surface area contributed by atoms with Crippen LogP contribution in [0.3, 0.4) is 0 Å². The van der Waals surface area contributed by atoms with Crippen LogP contribution in [-0.4, -0.2) is 40.2 Å². The number of phenols is 2. The number of amides is 1. The van der Waals surface area contributed by atoms with E-state index in [4.69, 9.17) is 5.73 Å². The molecule has 4 N–H and O–H groups in total. The Bertz CT molecular complexity index is 462. The molecule has 98 valence electrons. The molecule has 0 spiro atoms. The van der Waals surface area contributed by atoms with Gasteiger partial charge in [0.05, 0.1) is 5.56 Å². The molecule has 1 amide bonds. The number of nitrogens with zero attached hydrogens (tertiary/aromatic N) is 1. The van der Waals surface area contributed by atoms with Gasteiger partial charge in [0.15, 0.2) is 0 Å². The minimum atomic E-state index is -0.258. The SMILES string of the molecule is CC1CC(CN)CN1C(=O)c1cc(O)ccc1O. The molecule has 1 aromatic rings. The van der Waals surface area contributed by atoms with Gasteiger partial charge in [-0.1, -0.05) is 0 Å². The number of likely N-dealkylation sites (tertiary alicyclic amines) is 1. The van der Waals surface area contributed by atoms with Crippen LogP contribution in [0.15, 0.2) is 18.2 Å². The zero-order chi connectivity index (χ0) is 13.3. The van der Waals surface area contributed by atoms with Crippen LogP contribution in [0.1, 0.15) is 23.7 Å². The Kier molecular flexibility index (Phi) is 3.43. The number of benzene rings is 1. The third-order valence-corrected chi connectivity index (χ3v) is 3.47. The first-order valence-electron chi connectivity index (χ1n) is 6.06. The molecular weight excluding hydrogens is 232 g/mol. The first kappa shape index (κ1) is 12.7.